The molecule has 1 aliphatic rings. The van der Waals surface area contributed by atoms with Crippen molar-refractivity contribution in [2.24, 2.45) is 0 Å². The van der Waals surface area contributed by atoms with E-state index in [0.29, 0.717) is 4.90 Å². The van der Waals surface area contributed by atoms with Crippen LogP contribution >= 0.6 is 11.8 Å². The predicted octanol–water partition coefficient (Wildman–Crippen LogP) is 3.25. The molecule has 0 radical (unpaired) electrons. The zero-order chi connectivity index (χ0) is 14.6. The summed E-state index contributed by atoms with van der Waals surface area (Å²) in [6.45, 7) is 1.93. The zero-order valence-corrected chi connectivity index (χ0v) is 11.9. The molecule has 1 unspecified atom stereocenters. The summed E-state index contributed by atoms with van der Waals surface area (Å²) in [6.07, 6.45) is -2.20. The number of nitrogens with zero attached hydrogens (tertiary/aromatic N) is 1. The molecule has 1 saturated heterocycles. The van der Waals surface area contributed by atoms with Gasteiger partial charge in [0.2, 0.25) is 0 Å². The lowest BCUT2D eigenvalue weighted by Gasteiger charge is -2.22. The Kier molecular flexibility index (Phi) is 5.35. The molecular weight excluding hydrogens is 287 g/mol. The summed E-state index contributed by atoms with van der Waals surface area (Å²) < 4.78 is 37.8. The van der Waals surface area contributed by atoms with Gasteiger partial charge in [0.15, 0.2) is 0 Å². The summed E-state index contributed by atoms with van der Waals surface area (Å²) >= 11 is 1.43. The fourth-order valence-corrected chi connectivity index (χ4v) is 3.39. The van der Waals surface area contributed by atoms with E-state index in [2.05, 4.69) is 4.90 Å². The number of hydrogen-bond acceptors (Lipinski definition) is 3. The Hall–Kier alpha value is -0.720. The first-order chi connectivity index (χ1) is 9.50. The second-order valence-corrected chi connectivity index (χ2v) is 6.06. The minimum absolute atomic E-state index is 0.161. The topological polar surface area (TPSA) is 23.5 Å². The third-order valence-corrected chi connectivity index (χ3v) is 4.49. The minimum Gasteiger partial charge on any atom is -0.395 e. The van der Waals surface area contributed by atoms with Crippen molar-refractivity contribution in [1.29, 1.82) is 0 Å². The van der Waals surface area contributed by atoms with Crippen LogP contribution in [0.3, 0.4) is 0 Å². The number of aliphatic hydroxyl groups is 1. The lowest BCUT2D eigenvalue weighted by atomic mass is 10.2. The monoisotopic (exact) mass is 305 g/mol. The molecule has 1 N–H and O–H groups in total. The van der Waals surface area contributed by atoms with Gasteiger partial charge in [-0.2, -0.15) is 13.2 Å². The second-order valence-electron chi connectivity index (χ2n) is 4.89. The maximum atomic E-state index is 12.6. The number of alkyl halides is 3. The van der Waals surface area contributed by atoms with Crippen LogP contribution in [0, 0.1) is 0 Å². The number of benzene rings is 1. The van der Waals surface area contributed by atoms with Gasteiger partial charge in [0.25, 0.3) is 0 Å². The molecule has 1 aromatic carbocycles. The van der Waals surface area contributed by atoms with Crippen molar-refractivity contribution in [1.82, 2.24) is 4.90 Å². The van der Waals surface area contributed by atoms with Gasteiger partial charge in [-0.05, 0) is 37.6 Å². The van der Waals surface area contributed by atoms with Crippen LogP contribution in [0.4, 0.5) is 13.2 Å². The molecule has 2 nitrogen and oxygen atoms in total. The van der Waals surface area contributed by atoms with Gasteiger partial charge in [-0.25, -0.2) is 0 Å². The highest BCUT2D eigenvalue weighted by Gasteiger charge is 2.30. The van der Waals surface area contributed by atoms with E-state index in [4.69, 9.17) is 0 Å². The summed E-state index contributed by atoms with van der Waals surface area (Å²) in [5.41, 5.74) is -0.600. The number of likely N-dealkylation sites (tertiary alicyclic amines) is 1. The average Bonchev–Trinajstić information content (AvgIpc) is 2.86. The Morgan fingerprint density at radius 3 is 2.85 bits per heavy atom. The van der Waals surface area contributed by atoms with E-state index in [1.807, 2.05) is 0 Å². The van der Waals surface area contributed by atoms with E-state index in [-0.39, 0.29) is 12.6 Å². The molecule has 20 heavy (non-hydrogen) atoms. The second kappa shape index (κ2) is 6.83. The highest BCUT2D eigenvalue weighted by atomic mass is 32.2. The lowest BCUT2D eigenvalue weighted by molar-refractivity contribution is -0.137. The normalized spacial score (nSPS) is 20.5. The van der Waals surface area contributed by atoms with Crippen molar-refractivity contribution in [3.05, 3.63) is 29.8 Å². The Labute approximate surface area is 121 Å². The van der Waals surface area contributed by atoms with Gasteiger partial charge in [0, 0.05) is 23.2 Å². The summed E-state index contributed by atoms with van der Waals surface area (Å²) in [5, 5.41) is 9.21. The van der Waals surface area contributed by atoms with Crippen LogP contribution < -0.4 is 0 Å². The summed E-state index contributed by atoms with van der Waals surface area (Å²) in [6, 6.07) is 5.65. The number of hydrogen-bond donors (Lipinski definition) is 1. The fourth-order valence-electron chi connectivity index (χ4n) is 2.44. The van der Waals surface area contributed by atoms with Gasteiger partial charge in [0.05, 0.1) is 12.2 Å². The zero-order valence-electron chi connectivity index (χ0n) is 11.1. The third kappa shape index (κ3) is 4.14. The van der Waals surface area contributed by atoms with Crippen LogP contribution in [-0.2, 0) is 6.18 Å². The van der Waals surface area contributed by atoms with E-state index in [0.717, 1.165) is 37.8 Å². The SMILES string of the molecule is OCC1CCCN1CCSc1cccc(C(F)(F)F)c1. The molecule has 112 valence electrons. The maximum Gasteiger partial charge on any atom is 0.416 e. The van der Waals surface area contributed by atoms with E-state index < -0.39 is 11.7 Å². The number of thioether (sulfide) groups is 1. The van der Waals surface area contributed by atoms with Gasteiger partial charge < -0.3 is 5.11 Å². The molecule has 1 atom stereocenters. The van der Waals surface area contributed by atoms with Crippen molar-refractivity contribution in [3.63, 3.8) is 0 Å². The van der Waals surface area contributed by atoms with Crippen LogP contribution in [0.15, 0.2) is 29.2 Å². The molecule has 0 saturated carbocycles. The van der Waals surface area contributed by atoms with Gasteiger partial charge in [-0.1, -0.05) is 6.07 Å². The molecule has 1 aliphatic heterocycles. The van der Waals surface area contributed by atoms with E-state index in [9.17, 15) is 18.3 Å². The smallest absolute Gasteiger partial charge is 0.395 e. The Morgan fingerprint density at radius 1 is 1.35 bits per heavy atom. The van der Waals surface area contributed by atoms with Gasteiger partial charge in [-0.15, -0.1) is 11.8 Å². The van der Waals surface area contributed by atoms with Crippen molar-refractivity contribution >= 4 is 11.8 Å². The van der Waals surface area contributed by atoms with Gasteiger partial charge >= 0.3 is 6.18 Å². The quantitative estimate of drug-likeness (QED) is 0.845. The van der Waals surface area contributed by atoms with Crippen molar-refractivity contribution in [2.45, 2.75) is 30.0 Å². The Balaban J connectivity index is 1.85. The van der Waals surface area contributed by atoms with Crippen LogP contribution in [0.1, 0.15) is 18.4 Å². The van der Waals surface area contributed by atoms with Crippen molar-refractivity contribution in [3.8, 4) is 0 Å². The number of halogens is 3. The van der Waals surface area contributed by atoms with Crippen molar-refractivity contribution in [2.75, 3.05) is 25.4 Å². The molecule has 0 amide bonds. The molecule has 0 spiro atoms. The summed E-state index contributed by atoms with van der Waals surface area (Å²) in [4.78, 5) is 2.85. The van der Waals surface area contributed by atoms with Gasteiger partial charge in [0.1, 0.15) is 0 Å². The highest BCUT2D eigenvalue weighted by molar-refractivity contribution is 7.99. The first kappa shape index (κ1) is 15.7. The molecule has 1 aromatic rings. The number of rotatable bonds is 5. The lowest BCUT2D eigenvalue weighted by Crippen LogP contribution is -2.33. The first-order valence-corrected chi connectivity index (χ1v) is 7.64. The molecular formula is C14H18F3NOS. The number of aliphatic hydroxyl groups excluding tert-OH is 1. The third-order valence-electron chi connectivity index (χ3n) is 3.52. The van der Waals surface area contributed by atoms with Crippen molar-refractivity contribution < 1.29 is 18.3 Å². The molecule has 1 fully saturated rings. The average molecular weight is 305 g/mol. The minimum atomic E-state index is -4.28. The molecule has 2 rings (SSSR count). The molecule has 0 aliphatic carbocycles. The van der Waals surface area contributed by atoms with Crippen LogP contribution in [0.25, 0.3) is 0 Å². The summed E-state index contributed by atoms with van der Waals surface area (Å²) in [7, 11) is 0. The van der Waals surface area contributed by atoms with E-state index in [1.54, 1.807) is 6.07 Å². The van der Waals surface area contributed by atoms with E-state index in [1.165, 1.54) is 23.9 Å². The first-order valence-electron chi connectivity index (χ1n) is 6.65. The van der Waals surface area contributed by atoms with Crippen LogP contribution in [-0.4, -0.2) is 41.5 Å². The van der Waals surface area contributed by atoms with Crippen LogP contribution in [0.5, 0.6) is 0 Å². The van der Waals surface area contributed by atoms with Crippen LogP contribution in [0.2, 0.25) is 0 Å². The Bertz CT molecular complexity index is 439. The van der Waals surface area contributed by atoms with E-state index >= 15 is 0 Å². The maximum absolute atomic E-state index is 12.6. The molecule has 0 bridgehead atoms. The molecule has 0 aromatic heterocycles. The summed E-state index contributed by atoms with van der Waals surface area (Å²) in [5.74, 6) is 0.734. The molecule has 1 heterocycles. The molecule has 6 heteroatoms. The van der Waals surface area contributed by atoms with Gasteiger partial charge in [-0.3, -0.25) is 4.90 Å². The fraction of sp³-hybridized carbons (Fsp3) is 0.571. The largest absolute Gasteiger partial charge is 0.416 e. The predicted molar refractivity (Wildman–Crippen MR) is 73.8 cm³/mol. The highest BCUT2D eigenvalue weighted by Crippen LogP contribution is 2.32. The Morgan fingerprint density at radius 2 is 2.15 bits per heavy atom. The standard InChI is InChI=1S/C14H18F3NOS/c15-14(16,17)11-3-1-5-13(9-11)20-8-7-18-6-2-4-12(18)10-19/h1,3,5,9,12,19H,2,4,6-8,10H2.